The summed E-state index contributed by atoms with van der Waals surface area (Å²) in [6.45, 7) is 0.0639. The van der Waals surface area contributed by atoms with E-state index in [1.54, 1.807) is 24.4 Å². The third-order valence-electron chi connectivity index (χ3n) is 4.65. The maximum atomic E-state index is 12.7. The molecule has 0 spiro atoms. The summed E-state index contributed by atoms with van der Waals surface area (Å²) >= 11 is 1.25. The highest BCUT2D eigenvalue weighted by Gasteiger charge is 2.30. The van der Waals surface area contributed by atoms with Crippen molar-refractivity contribution in [3.63, 3.8) is 0 Å². The van der Waals surface area contributed by atoms with Gasteiger partial charge < -0.3 is 26.4 Å². The van der Waals surface area contributed by atoms with Crippen LogP contribution in [0.25, 0.3) is 0 Å². The molecule has 1 unspecified atom stereocenters. The molecule has 1 aromatic heterocycles. The molecule has 6 N–H and O–H groups in total. The first kappa shape index (κ1) is 21.2. The van der Waals surface area contributed by atoms with Crippen molar-refractivity contribution in [1.82, 2.24) is 10.3 Å². The van der Waals surface area contributed by atoms with Gasteiger partial charge in [-0.25, -0.2) is 4.98 Å². The molecule has 158 valence electrons. The summed E-state index contributed by atoms with van der Waals surface area (Å²) in [5.41, 5.74) is 6.60. The normalized spacial score (nSPS) is 15.8. The number of amides is 2. The number of guanidine groups is 1. The van der Waals surface area contributed by atoms with Crippen LogP contribution < -0.4 is 21.3 Å². The van der Waals surface area contributed by atoms with E-state index in [0.29, 0.717) is 17.2 Å². The van der Waals surface area contributed by atoms with Gasteiger partial charge in [-0.2, -0.15) is 0 Å². The number of nitrogens with one attached hydrogen (secondary N) is 3. The maximum absolute atomic E-state index is 12.7. The Bertz CT molecular complexity index is 975. The van der Waals surface area contributed by atoms with E-state index >= 15 is 0 Å². The highest BCUT2D eigenvalue weighted by atomic mass is 32.1. The number of hydrogen-bond donors (Lipinski definition) is 5. The predicted octanol–water partition coefficient (Wildman–Crippen LogP) is 1.45. The number of fused-ring (bicyclic) bond motifs is 1. The summed E-state index contributed by atoms with van der Waals surface area (Å²) < 4.78 is 0. The number of aromatic nitrogens is 1. The molecule has 0 bridgehead atoms. The first-order valence-electron chi connectivity index (χ1n) is 9.27. The molecular formula is C19H22N6O4S. The smallest absolute Gasteiger partial charge is 0.303 e. The highest BCUT2D eigenvalue weighted by molar-refractivity contribution is 7.15. The Morgan fingerprint density at radius 1 is 1.37 bits per heavy atom. The summed E-state index contributed by atoms with van der Waals surface area (Å²) in [7, 11) is 0. The van der Waals surface area contributed by atoms with E-state index in [1.807, 2.05) is 6.07 Å². The van der Waals surface area contributed by atoms with Gasteiger partial charge in [0, 0.05) is 23.2 Å². The van der Waals surface area contributed by atoms with Crippen LogP contribution in [-0.2, 0) is 20.9 Å². The molecule has 0 saturated heterocycles. The van der Waals surface area contributed by atoms with Gasteiger partial charge in [0.2, 0.25) is 11.8 Å². The number of nitrogens with zero attached hydrogens (tertiary/aromatic N) is 2. The lowest BCUT2D eigenvalue weighted by atomic mass is 9.91. The summed E-state index contributed by atoms with van der Waals surface area (Å²) in [5.74, 6) is -1.98. The van der Waals surface area contributed by atoms with Gasteiger partial charge in [0.05, 0.1) is 13.0 Å². The fraction of sp³-hybridized carbons (Fsp3) is 0.316. The van der Waals surface area contributed by atoms with Gasteiger partial charge in [-0.3, -0.25) is 19.8 Å². The number of carboxylic acids is 1. The predicted molar refractivity (Wildman–Crippen MR) is 113 cm³/mol. The minimum atomic E-state index is -0.920. The van der Waals surface area contributed by atoms with Crippen LogP contribution in [0.3, 0.4) is 0 Å². The summed E-state index contributed by atoms with van der Waals surface area (Å²) in [6, 6.07) is 7.12. The molecule has 2 aromatic rings. The third kappa shape index (κ3) is 5.32. The van der Waals surface area contributed by atoms with Crippen molar-refractivity contribution in [1.29, 1.82) is 5.41 Å². The molecule has 1 aliphatic heterocycles. The van der Waals surface area contributed by atoms with Crippen molar-refractivity contribution in [3.8, 4) is 0 Å². The van der Waals surface area contributed by atoms with Crippen LogP contribution in [-0.4, -0.2) is 40.4 Å². The molecule has 1 aromatic carbocycles. The Balaban J connectivity index is 1.68. The van der Waals surface area contributed by atoms with Crippen LogP contribution in [0.2, 0.25) is 0 Å². The van der Waals surface area contributed by atoms with E-state index in [-0.39, 0.29) is 49.6 Å². The molecule has 30 heavy (non-hydrogen) atoms. The molecule has 2 heterocycles. The second-order valence-electron chi connectivity index (χ2n) is 6.82. The fourth-order valence-electron chi connectivity index (χ4n) is 3.34. The number of carbonyl (C=O) groups excluding carboxylic acids is 2. The van der Waals surface area contributed by atoms with Crippen LogP contribution in [0.5, 0.6) is 0 Å². The average Bonchev–Trinajstić information content (AvgIpc) is 3.09. The van der Waals surface area contributed by atoms with Gasteiger partial charge in [0.15, 0.2) is 11.1 Å². The second-order valence-corrected chi connectivity index (χ2v) is 7.93. The first-order chi connectivity index (χ1) is 14.3. The lowest BCUT2D eigenvalue weighted by molar-refractivity contribution is -0.137. The van der Waals surface area contributed by atoms with Crippen LogP contribution in [0.15, 0.2) is 30.5 Å². The monoisotopic (exact) mass is 430 g/mol. The Morgan fingerprint density at radius 3 is 2.87 bits per heavy atom. The van der Waals surface area contributed by atoms with Gasteiger partial charge in [0.25, 0.3) is 0 Å². The minimum Gasteiger partial charge on any atom is -0.481 e. The van der Waals surface area contributed by atoms with Gasteiger partial charge in [-0.1, -0.05) is 29.5 Å². The molecular weight excluding hydrogens is 408 g/mol. The zero-order chi connectivity index (χ0) is 21.7. The van der Waals surface area contributed by atoms with E-state index in [0.717, 1.165) is 10.4 Å². The number of carboxylic acid groups (broad SMARTS) is 1. The van der Waals surface area contributed by atoms with Crippen LogP contribution in [0, 0.1) is 5.41 Å². The molecule has 0 aliphatic carbocycles. The number of para-hydroxylation sites is 1. The lowest BCUT2D eigenvalue weighted by Crippen LogP contribution is -2.40. The van der Waals surface area contributed by atoms with Crippen LogP contribution >= 0.6 is 11.3 Å². The summed E-state index contributed by atoms with van der Waals surface area (Å²) in [5, 5.41) is 22.2. The third-order valence-corrected chi connectivity index (χ3v) is 5.57. The molecule has 3 rings (SSSR count). The molecule has 0 fully saturated rings. The fourth-order valence-corrected chi connectivity index (χ4v) is 4.11. The highest BCUT2D eigenvalue weighted by Crippen LogP contribution is 2.36. The van der Waals surface area contributed by atoms with Gasteiger partial charge in [-0.15, -0.1) is 0 Å². The Labute approximate surface area is 176 Å². The van der Waals surface area contributed by atoms with E-state index in [1.165, 1.54) is 16.2 Å². The van der Waals surface area contributed by atoms with Crippen LogP contribution in [0.4, 0.5) is 10.8 Å². The second kappa shape index (κ2) is 9.35. The average molecular weight is 430 g/mol. The van der Waals surface area contributed by atoms with Crippen molar-refractivity contribution in [2.45, 2.75) is 31.7 Å². The van der Waals surface area contributed by atoms with Crippen molar-refractivity contribution < 1.29 is 19.5 Å². The van der Waals surface area contributed by atoms with E-state index in [2.05, 4.69) is 15.6 Å². The number of aliphatic carboxylic acids is 1. The van der Waals surface area contributed by atoms with Crippen molar-refractivity contribution in [2.24, 2.45) is 5.73 Å². The number of benzene rings is 1. The number of carbonyl (C=O) groups is 3. The standard InChI is InChI=1S/C19H22N6O4S/c20-18(21)24-19-23-9-12(30-19)8-22-15(26)10-25-14-4-2-1-3-13(14)11(7-17(28)29)5-6-16(25)27/h1-4,9,11H,5-8,10H2,(H,22,26)(H,28,29)(H4,20,21,23,24). The van der Waals surface area contributed by atoms with E-state index in [9.17, 15) is 19.5 Å². The summed E-state index contributed by atoms with van der Waals surface area (Å²) in [6.07, 6.45) is 2.10. The van der Waals surface area contributed by atoms with Gasteiger partial charge >= 0.3 is 5.97 Å². The zero-order valence-electron chi connectivity index (χ0n) is 16.1. The number of rotatable bonds is 7. The number of hydrogen-bond acceptors (Lipinski definition) is 6. The lowest BCUT2D eigenvalue weighted by Gasteiger charge is -2.23. The Morgan fingerprint density at radius 2 is 2.13 bits per heavy atom. The zero-order valence-corrected chi connectivity index (χ0v) is 16.9. The maximum Gasteiger partial charge on any atom is 0.303 e. The molecule has 1 atom stereocenters. The SMILES string of the molecule is N=C(N)Nc1ncc(CNC(=O)CN2C(=O)CCC(CC(=O)O)c3ccccc32)s1. The number of thiazole rings is 1. The van der Waals surface area contributed by atoms with Gasteiger partial charge in [0.1, 0.15) is 6.54 Å². The van der Waals surface area contributed by atoms with E-state index in [4.69, 9.17) is 11.1 Å². The van der Waals surface area contributed by atoms with Gasteiger partial charge in [-0.05, 0) is 24.0 Å². The first-order valence-corrected chi connectivity index (χ1v) is 10.1. The molecule has 11 heteroatoms. The van der Waals surface area contributed by atoms with Crippen molar-refractivity contribution in [2.75, 3.05) is 16.8 Å². The molecule has 2 amide bonds. The van der Waals surface area contributed by atoms with Crippen LogP contribution in [0.1, 0.15) is 35.6 Å². The number of nitrogens with two attached hydrogens (primary N) is 1. The quantitative estimate of drug-likeness (QED) is 0.328. The molecule has 10 nitrogen and oxygen atoms in total. The van der Waals surface area contributed by atoms with Crippen molar-refractivity contribution in [3.05, 3.63) is 40.9 Å². The molecule has 0 saturated carbocycles. The summed E-state index contributed by atoms with van der Waals surface area (Å²) in [4.78, 5) is 42.6. The Hall–Kier alpha value is -3.47. The Kier molecular flexibility index (Phi) is 6.62. The minimum absolute atomic E-state index is 0.0632. The largest absolute Gasteiger partial charge is 0.481 e. The topological polar surface area (TPSA) is 162 Å². The number of anilines is 2. The van der Waals surface area contributed by atoms with E-state index < -0.39 is 5.97 Å². The molecule has 1 aliphatic rings. The molecule has 0 radical (unpaired) electrons. The van der Waals surface area contributed by atoms with Crippen molar-refractivity contribution >= 4 is 45.9 Å².